The summed E-state index contributed by atoms with van der Waals surface area (Å²) in [5.41, 5.74) is 1.38. The molecule has 0 radical (unpaired) electrons. The highest BCUT2D eigenvalue weighted by atomic mass is 32.2. The average Bonchev–Trinajstić information content (AvgIpc) is 3.20. The molecule has 0 spiro atoms. The quantitative estimate of drug-likeness (QED) is 0.535. The fourth-order valence-electron chi connectivity index (χ4n) is 3.50. The summed E-state index contributed by atoms with van der Waals surface area (Å²) in [6.07, 6.45) is 6.67. The first-order valence-corrected chi connectivity index (χ1v) is 11.7. The van der Waals surface area contributed by atoms with Gasteiger partial charge in [-0.1, -0.05) is 26.8 Å². The van der Waals surface area contributed by atoms with Crippen LogP contribution in [0.1, 0.15) is 40.0 Å². The number of hydrogen-bond acceptors (Lipinski definition) is 4. The number of rotatable bonds is 8. The highest BCUT2D eigenvalue weighted by molar-refractivity contribution is 7.92. The zero-order valence-corrected chi connectivity index (χ0v) is 18.2. The van der Waals surface area contributed by atoms with Crippen molar-refractivity contribution in [2.45, 2.75) is 56.7 Å². The summed E-state index contributed by atoms with van der Waals surface area (Å²) >= 11 is 0. The van der Waals surface area contributed by atoms with E-state index in [-0.39, 0.29) is 16.0 Å². The number of hydrogen-bond donors (Lipinski definition) is 0. The molecule has 0 saturated carbocycles. The van der Waals surface area contributed by atoms with Crippen LogP contribution in [0.2, 0.25) is 0 Å². The van der Waals surface area contributed by atoms with Crippen molar-refractivity contribution in [1.29, 1.82) is 0 Å². The Morgan fingerprint density at radius 3 is 2.43 bits per heavy atom. The van der Waals surface area contributed by atoms with E-state index >= 15 is 0 Å². The SMILES string of the molecule is CCCn1cc(-n2cc(-c3ccc(S(=O)(=O)C(CC)CC)cc3F)cn2)ccc1=O. The fraction of sp³-hybridized carbons (Fsp3) is 0.364. The number of pyridine rings is 1. The number of sulfone groups is 1. The second kappa shape index (κ2) is 8.95. The van der Waals surface area contributed by atoms with Gasteiger partial charge in [0.25, 0.3) is 5.56 Å². The van der Waals surface area contributed by atoms with Crippen LogP contribution in [-0.4, -0.2) is 28.0 Å². The predicted octanol–water partition coefficient (Wildman–Crippen LogP) is 4.21. The Morgan fingerprint density at radius 1 is 1.07 bits per heavy atom. The molecule has 3 rings (SSSR count). The molecule has 6 nitrogen and oxygen atoms in total. The molecule has 2 heterocycles. The Morgan fingerprint density at radius 2 is 1.80 bits per heavy atom. The minimum Gasteiger partial charge on any atom is -0.313 e. The summed E-state index contributed by atoms with van der Waals surface area (Å²) in [6.45, 7) is 6.21. The Kier molecular flexibility index (Phi) is 6.55. The van der Waals surface area contributed by atoms with Crippen molar-refractivity contribution in [3.8, 4) is 16.8 Å². The zero-order valence-electron chi connectivity index (χ0n) is 17.4. The minimum atomic E-state index is -3.57. The van der Waals surface area contributed by atoms with Gasteiger partial charge in [-0.25, -0.2) is 17.5 Å². The topological polar surface area (TPSA) is 74.0 Å². The standard InChI is InChI=1S/C22H26FN3O3S/c1-4-11-25-15-17(7-10-22(25)27)26-14-16(13-24-26)20-9-8-19(12-21(20)23)30(28,29)18(5-2)6-3/h7-10,12-15,18H,4-6,11H2,1-3H3. The highest BCUT2D eigenvalue weighted by Gasteiger charge is 2.25. The molecule has 3 aromatic rings. The number of aromatic nitrogens is 3. The maximum atomic E-state index is 14.8. The van der Waals surface area contributed by atoms with E-state index in [1.807, 2.05) is 20.8 Å². The molecule has 0 aliphatic carbocycles. The van der Waals surface area contributed by atoms with Gasteiger partial charge in [-0.05, 0) is 37.5 Å². The van der Waals surface area contributed by atoms with Gasteiger partial charge < -0.3 is 4.57 Å². The first-order chi connectivity index (χ1) is 14.3. The Labute approximate surface area is 175 Å². The molecule has 0 unspecified atom stereocenters. The summed E-state index contributed by atoms with van der Waals surface area (Å²) < 4.78 is 43.4. The lowest BCUT2D eigenvalue weighted by Gasteiger charge is -2.14. The lowest BCUT2D eigenvalue weighted by molar-refractivity contribution is 0.568. The smallest absolute Gasteiger partial charge is 0.250 e. The van der Waals surface area contributed by atoms with Gasteiger partial charge in [-0.3, -0.25) is 4.79 Å². The molecule has 1 aromatic carbocycles. The average molecular weight is 432 g/mol. The molecule has 0 amide bonds. The predicted molar refractivity (Wildman–Crippen MR) is 115 cm³/mol. The molecule has 0 atom stereocenters. The van der Waals surface area contributed by atoms with Crippen LogP contribution < -0.4 is 5.56 Å². The Balaban J connectivity index is 1.95. The van der Waals surface area contributed by atoms with E-state index in [9.17, 15) is 17.6 Å². The van der Waals surface area contributed by atoms with E-state index in [1.54, 1.807) is 27.7 Å². The van der Waals surface area contributed by atoms with Crippen LogP contribution in [0.4, 0.5) is 4.39 Å². The van der Waals surface area contributed by atoms with Gasteiger partial charge in [-0.15, -0.1) is 0 Å². The third-order valence-corrected chi connectivity index (χ3v) is 7.66. The molecule has 0 saturated heterocycles. The lowest BCUT2D eigenvalue weighted by atomic mass is 10.1. The van der Waals surface area contributed by atoms with Crippen LogP contribution in [-0.2, 0) is 16.4 Å². The summed E-state index contributed by atoms with van der Waals surface area (Å²) in [5, 5.41) is 3.75. The summed E-state index contributed by atoms with van der Waals surface area (Å²) in [5.74, 6) is -0.613. The van der Waals surface area contributed by atoms with Crippen molar-refractivity contribution in [3.05, 3.63) is 65.1 Å². The van der Waals surface area contributed by atoms with Gasteiger partial charge in [0.15, 0.2) is 9.84 Å². The number of nitrogens with zero attached hydrogens (tertiary/aromatic N) is 3. The van der Waals surface area contributed by atoms with E-state index in [0.717, 1.165) is 12.5 Å². The molecular formula is C22H26FN3O3S. The monoisotopic (exact) mass is 431 g/mol. The van der Waals surface area contributed by atoms with Crippen LogP contribution in [0.15, 0.2) is 58.6 Å². The van der Waals surface area contributed by atoms with Gasteiger partial charge in [0, 0.05) is 36.1 Å². The summed E-state index contributed by atoms with van der Waals surface area (Å²) in [6, 6.07) is 7.15. The molecule has 0 aliphatic heterocycles. The fourth-order valence-corrected chi connectivity index (χ4v) is 5.29. The second-order valence-corrected chi connectivity index (χ2v) is 9.45. The Bertz CT molecular complexity index is 1190. The largest absolute Gasteiger partial charge is 0.313 e. The summed E-state index contributed by atoms with van der Waals surface area (Å²) in [4.78, 5) is 11.9. The van der Waals surface area contributed by atoms with E-state index in [2.05, 4.69) is 5.10 Å². The maximum absolute atomic E-state index is 14.8. The van der Waals surface area contributed by atoms with E-state index < -0.39 is 20.9 Å². The van der Waals surface area contributed by atoms with E-state index in [1.165, 1.54) is 24.4 Å². The maximum Gasteiger partial charge on any atom is 0.250 e. The minimum absolute atomic E-state index is 0.00326. The lowest BCUT2D eigenvalue weighted by Crippen LogP contribution is -2.19. The molecule has 2 aromatic heterocycles. The van der Waals surface area contributed by atoms with Gasteiger partial charge in [0.1, 0.15) is 5.82 Å². The Hall–Kier alpha value is -2.74. The van der Waals surface area contributed by atoms with Crippen molar-refractivity contribution < 1.29 is 12.8 Å². The van der Waals surface area contributed by atoms with Crippen LogP contribution in [0.5, 0.6) is 0 Å². The molecule has 8 heteroatoms. The van der Waals surface area contributed by atoms with Crippen molar-refractivity contribution in [1.82, 2.24) is 14.3 Å². The van der Waals surface area contributed by atoms with Crippen LogP contribution in [0.3, 0.4) is 0 Å². The van der Waals surface area contributed by atoms with Gasteiger partial charge in [0.05, 0.1) is 22.0 Å². The molecular weight excluding hydrogens is 405 g/mol. The first-order valence-electron chi connectivity index (χ1n) is 10.1. The van der Waals surface area contributed by atoms with Crippen LogP contribution >= 0.6 is 0 Å². The third-order valence-electron chi connectivity index (χ3n) is 5.21. The van der Waals surface area contributed by atoms with E-state index in [0.29, 0.717) is 30.6 Å². The van der Waals surface area contributed by atoms with Gasteiger partial charge in [0.2, 0.25) is 0 Å². The van der Waals surface area contributed by atoms with E-state index in [4.69, 9.17) is 0 Å². The van der Waals surface area contributed by atoms with Crippen LogP contribution in [0.25, 0.3) is 16.8 Å². The molecule has 30 heavy (non-hydrogen) atoms. The molecule has 160 valence electrons. The zero-order chi connectivity index (χ0) is 21.9. The second-order valence-electron chi connectivity index (χ2n) is 7.22. The number of benzene rings is 1. The molecule has 0 bridgehead atoms. The highest BCUT2D eigenvalue weighted by Crippen LogP contribution is 2.28. The van der Waals surface area contributed by atoms with Crippen molar-refractivity contribution in [2.24, 2.45) is 0 Å². The normalized spacial score (nSPS) is 11.9. The van der Waals surface area contributed by atoms with Crippen molar-refractivity contribution >= 4 is 9.84 Å². The number of aryl methyl sites for hydroxylation is 1. The molecule has 0 fully saturated rings. The van der Waals surface area contributed by atoms with Crippen molar-refractivity contribution in [2.75, 3.05) is 0 Å². The molecule has 0 aliphatic rings. The third kappa shape index (κ3) is 4.23. The van der Waals surface area contributed by atoms with Gasteiger partial charge >= 0.3 is 0 Å². The van der Waals surface area contributed by atoms with Crippen LogP contribution in [0, 0.1) is 5.82 Å². The molecule has 0 N–H and O–H groups in total. The van der Waals surface area contributed by atoms with Crippen molar-refractivity contribution in [3.63, 3.8) is 0 Å². The number of halogens is 1. The summed E-state index contributed by atoms with van der Waals surface area (Å²) in [7, 11) is -3.57. The first kappa shape index (κ1) is 22.0. The van der Waals surface area contributed by atoms with Gasteiger partial charge in [-0.2, -0.15) is 5.10 Å².